The average molecular weight is 335 g/mol. The highest BCUT2D eigenvalue weighted by Gasteiger charge is 2.13. The molecule has 2 rings (SSSR count). The van der Waals surface area contributed by atoms with Gasteiger partial charge in [0.25, 0.3) is 0 Å². The highest BCUT2D eigenvalue weighted by atomic mass is 35.5. The van der Waals surface area contributed by atoms with Crippen molar-refractivity contribution in [3.8, 4) is 11.5 Å². The summed E-state index contributed by atoms with van der Waals surface area (Å²) in [5.74, 6) is 1.01. The van der Waals surface area contributed by atoms with Gasteiger partial charge in [0.1, 0.15) is 18.1 Å². The topological polar surface area (TPSA) is 44.8 Å². The zero-order valence-electron chi connectivity index (χ0n) is 13.4. The number of rotatable bonds is 5. The second kappa shape index (κ2) is 7.88. The van der Waals surface area contributed by atoms with Crippen LogP contribution in [0, 0.1) is 6.92 Å². The number of carbonyl (C=O) groups is 1. The zero-order chi connectivity index (χ0) is 16.8. The van der Waals surface area contributed by atoms with Crippen LogP contribution in [-0.4, -0.2) is 13.3 Å². The Morgan fingerprint density at radius 3 is 2.61 bits per heavy atom. The summed E-state index contributed by atoms with van der Waals surface area (Å²) in [5.41, 5.74) is 2.87. The smallest absolute Gasteiger partial charge is 0.487 e. The summed E-state index contributed by atoms with van der Waals surface area (Å²) in [6.07, 6.45) is 0.150. The fraction of sp³-hybridized carbons (Fsp3) is 0.278. The first-order chi connectivity index (χ1) is 11.0. The van der Waals surface area contributed by atoms with Crippen molar-refractivity contribution in [2.24, 2.45) is 0 Å². The standard InChI is InChI=1S/C18H19ClO4/c1-4-13-8-9-17(15(19)10-13)22-11-14-12(2)6-5-7-16(14)23-18(20)21-3/h5-10H,4,11H2,1-3H3. The van der Waals surface area contributed by atoms with E-state index >= 15 is 0 Å². The Balaban J connectivity index is 2.18. The molecule has 23 heavy (non-hydrogen) atoms. The summed E-state index contributed by atoms with van der Waals surface area (Å²) in [5, 5.41) is 0.563. The van der Waals surface area contributed by atoms with Crippen LogP contribution in [0.4, 0.5) is 4.79 Å². The molecule has 0 amide bonds. The van der Waals surface area contributed by atoms with Crippen molar-refractivity contribution in [2.75, 3.05) is 7.11 Å². The number of carbonyl (C=O) groups excluding carboxylic acids is 1. The minimum atomic E-state index is -0.762. The molecule has 0 aliphatic heterocycles. The third-order valence-corrected chi connectivity index (χ3v) is 3.80. The van der Waals surface area contributed by atoms with E-state index in [-0.39, 0.29) is 6.61 Å². The van der Waals surface area contributed by atoms with E-state index in [4.69, 9.17) is 21.1 Å². The molecule has 0 N–H and O–H groups in total. The Morgan fingerprint density at radius 1 is 1.17 bits per heavy atom. The van der Waals surface area contributed by atoms with Gasteiger partial charge in [0, 0.05) is 5.56 Å². The van der Waals surface area contributed by atoms with Crippen LogP contribution >= 0.6 is 11.6 Å². The molecule has 0 spiro atoms. The van der Waals surface area contributed by atoms with E-state index in [1.54, 1.807) is 12.1 Å². The minimum Gasteiger partial charge on any atom is -0.487 e. The third kappa shape index (κ3) is 4.39. The predicted octanol–water partition coefficient (Wildman–Crippen LogP) is 4.94. The molecule has 122 valence electrons. The van der Waals surface area contributed by atoms with E-state index in [1.165, 1.54) is 7.11 Å². The highest BCUT2D eigenvalue weighted by molar-refractivity contribution is 6.32. The average Bonchev–Trinajstić information content (AvgIpc) is 2.55. The number of hydrogen-bond acceptors (Lipinski definition) is 4. The summed E-state index contributed by atoms with van der Waals surface area (Å²) in [7, 11) is 1.27. The number of ether oxygens (including phenoxy) is 3. The van der Waals surface area contributed by atoms with Crippen LogP contribution in [0.1, 0.15) is 23.6 Å². The monoisotopic (exact) mass is 334 g/mol. The first kappa shape index (κ1) is 17.2. The molecule has 0 aliphatic carbocycles. The lowest BCUT2D eigenvalue weighted by Crippen LogP contribution is -2.10. The number of hydrogen-bond donors (Lipinski definition) is 0. The number of methoxy groups -OCH3 is 1. The molecule has 0 radical (unpaired) electrons. The molecule has 2 aromatic rings. The van der Waals surface area contributed by atoms with E-state index < -0.39 is 6.16 Å². The molecule has 0 saturated carbocycles. The SMILES string of the molecule is CCc1ccc(OCc2c(C)cccc2OC(=O)OC)c(Cl)c1. The van der Waals surface area contributed by atoms with E-state index in [2.05, 4.69) is 11.7 Å². The Labute approximate surface area is 140 Å². The first-order valence-electron chi connectivity index (χ1n) is 7.30. The second-order valence-corrected chi connectivity index (χ2v) is 5.42. The van der Waals surface area contributed by atoms with Crippen LogP contribution in [0.25, 0.3) is 0 Å². The van der Waals surface area contributed by atoms with Crippen molar-refractivity contribution >= 4 is 17.8 Å². The number of halogens is 1. The lowest BCUT2D eigenvalue weighted by Gasteiger charge is -2.14. The molecule has 4 nitrogen and oxygen atoms in total. The van der Waals surface area contributed by atoms with Gasteiger partial charge in [-0.3, -0.25) is 0 Å². The van der Waals surface area contributed by atoms with Gasteiger partial charge in [-0.1, -0.05) is 36.7 Å². The van der Waals surface area contributed by atoms with Gasteiger partial charge in [0.05, 0.1) is 12.1 Å². The first-order valence-corrected chi connectivity index (χ1v) is 7.68. The zero-order valence-corrected chi connectivity index (χ0v) is 14.1. The molecule has 0 saturated heterocycles. The quantitative estimate of drug-likeness (QED) is 0.574. The molecule has 0 heterocycles. The summed E-state index contributed by atoms with van der Waals surface area (Å²) >= 11 is 6.23. The molecule has 0 fully saturated rings. The molecular formula is C18H19ClO4. The van der Waals surface area contributed by atoms with Crippen molar-refractivity contribution in [2.45, 2.75) is 26.9 Å². The fourth-order valence-corrected chi connectivity index (χ4v) is 2.38. The lowest BCUT2D eigenvalue weighted by molar-refractivity contribution is 0.120. The summed E-state index contributed by atoms with van der Waals surface area (Å²) in [6.45, 7) is 4.23. The van der Waals surface area contributed by atoms with Crippen molar-refractivity contribution in [3.63, 3.8) is 0 Å². The van der Waals surface area contributed by atoms with Gasteiger partial charge in [0.15, 0.2) is 0 Å². The summed E-state index contributed by atoms with van der Waals surface area (Å²) in [6, 6.07) is 11.1. The third-order valence-electron chi connectivity index (χ3n) is 3.50. The number of benzene rings is 2. The van der Waals surface area contributed by atoms with Crippen LogP contribution in [0.15, 0.2) is 36.4 Å². The van der Waals surface area contributed by atoms with Gasteiger partial charge in [-0.05, 0) is 42.7 Å². The van der Waals surface area contributed by atoms with Gasteiger partial charge in [0.2, 0.25) is 0 Å². The molecule has 5 heteroatoms. The Bertz CT molecular complexity index is 697. The van der Waals surface area contributed by atoms with E-state index in [1.807, 2.05) is 31.2 Å². The molecule has 0 unspecified atom stereocenters. The largest absolute Gasteiger partial charge is 0.513 e. The van der Waals surface area contributed by atoms with Crippen molar-refractivity contribution in [1.82, 2.24) is 0 Å². The maximum Gasteiger partial charge on any atom is 0.513 e. The van der Waals surface area contributed by atoms with Crippen LogP contribution < -0.4 is 9.47 Å². The maximum absolute atomic E-state index is 11.3. The number of aryl methyl sites for hydroxylation is 2. The maximum atomic E-state index is 11.3. The highest BCUT2D eigenvalue weighted by Crippen LogP contribution is 2.29. The summed E-state index contributed by atoms with van der Waals surface area (Å²) in [4.78, 5) is 11.3. The van der Waals surface area contributed by atoms with Crippen LogP contribution in [0.3, 0.4) is 0 Å². The van der Waals surface area contributed by atoms with E-state index in [9.17, 15) is 4.79 Å². The Kier molecular flexibility index (Phi) is 5.88. The molecule has 0 bridgehead atoms. The van der Waals surface area contributed by atoms with Gasteiger partial charge in [-0.15, -0.1) is 0 Å². The normalized spacial score (nSPS) is 10.3. The molecule has 0 atom stereocenters. The molecule has 2 aromatic carbocycles. The Hall–Kier alpha value is -2.20. The Morgan fingerprint density at radius 2 is 1.96 bits per heavy atom. The van der Waals surface area contributed by atoms with Gasteiger partial charge < -0.3 is 14.2 Å². The van der Waals surface area contributed by atoms with Crippen molar-refractivity contribution in [3.05, 3.63) is 58.1 Å². The van der Waals surface area contributed by atoms with Crippen molar-refractivity contribution in [1.29, 1.82) is 0 Å². The molecule has 0 aliphatic rings. The van der Waals surface area contributed by atoms with Crippen LogP contribution in [0.5, 0.6) is 11.5 Å². The van der Waals surface area contributed by atoms with E-state index in [0.717, 1.165) is 23.1 Å². The van der Waals surface area contributed by atoms with Gasteiger partial charge >= 0.3 is 6.16 Å². The fourth-order valence-electron chi connectivity index (χ4n) is 2.12. The van der Waals surface area contributed by atoms with Crippen LogP contribution in [0.2, 0.25) is 5.02 Å². The van der Waals surface area contributed by atoms with Gasteiger partial charge in [-0.2, -0.15) is 0 Å². The summed E-state index contributed by atoms with van der Waals surface area (Å²) < 4.78 is 15.5. The van der Waals surface area contributed by atoms with Gasteiger partial charge in [-0.25, -0.2) is 4.79 Å². The lowest BCUT2D eigenvalue weighted by atomic mass is 10.1. The predicted molar refractivity (Wildman–Crippen MR) is 89.4 cm³/mol. The van der Waals surface area contributed by atoms with Crippen molar-refractivity contribution < 1.29 is 19.0 Å². The van der Waals surface area contributed by atoms with Crippen LogP contribution in [-0.2, 0) is 17.8 Å². The second-order valence-electron chi connectivity index (χ2n) is 5.01. The van der Waals surface area contributed by atoms with E-state index in [0.29, 0.717) is 16.5 Å². The molecular weight excluding hydrogens is 316 g/mol. The molecule has 0 aromatic heterocycles. The minimum absolute atomic E-state index is 0.240.